The van der Waals surface area contributed by atoms with E-state index in [2.05, 4.69) is 20.8 Å². The fraction of sp³-hybridized carbons (Fsp3) is 0.387. The lowest BCUT2D eigenvalue weighted by Crippen LogP contribution is -2.43. The van der Waals surface area contributed by atoms with Crippen molar-refractivity contribution in [2.45, 2.75) is 43.6 Å². The highest BCUT2D eigenvalue weighted by Gasteiger charge is 2.49. The van der Waals surface area contributed by atoms with Crippen molar-refractivity contribution in [3.05, 3.63) is 47.9 Å². The highest BCUT2D eigenvalue weighted by molar-refractivity contribution is 6.03. The summed E-state index contributed by atoms with van der Waals surface area (Å²) in [6, 6.07) is 7.68. The van der Waals surface area contributed by atoms with Gasteiger partial charge in [-0.25, -0.2) is 23.1 Å². The average molecular weight is 560 g/mol. The number of hydrogen-bond donors (Lipinski definition) is 1. The first-order chi connectivity index (χ1) is 19.8. The summed E-state index contributed by atoms with van der Waals surface area (Å²) in [6.07, 6.45) is 8.09. The number of aromatic nitrogens is 3. The van der Waals surface area contributed by atoms with Gasteiger partial charge in [0.05, 0.1) is 34.2 Å². The minimum absolute atomic E-state index is 0.0367. The van der Waals surface area contributed by atoms with Gasteiger partial charge in [0.25, 0.3) is 0 Å². The highest BCUT2D eigenvalue weighted by atomic mass is 19.1. The number of ether oxygens (including phenoxy) is 1. The molecule has 10 heteroatoms. The maximum absolute atomic E-state index is 14.8. The third-order valence-electron chi connectivity index (χ3n) is 8.67. The first-order valence-corrected chi connectivity index (χ1v) is 13.8. The Kier molecular flexibility index (Phi) is 6.16. The number of pyridine rings is 1. The predicted octanol–water partition coefficient (Wildman–Crippen LogP) is 5.17. The minimum Gasteiger partial charge on any atom is -0.508 e. The van der Waals surface area contributed by atoms with Gasteiger partial charge in [0.1, 0.15) is 36.3 Å². The lowest BCUT2D eigenvalue weighted by Gasteiger charge is -2.30. The number of nitrogens with zero attached hydrogens (tertiary/aromatic N) is 5. The van der Waals surface area contributed by atoms with Crippen molar-refractivity contribution >= 4 is 27.5 Å². The molecule has 1 N–H and O–H groups in total. The van der Waals surface area contributed by atoms with E-state index in [0.717, 1.165) is 19.4 Å². The number of rotatable bonds is 5. The SMILES string of the molecule is C#Cc1c(F)ccc2cc(O)cc(-c3cc4nc(OC[C@@]56CCCN5C[C@H](F)C6)ncc4c(N4CC[C@@H](F)C4)n3)c12. The van der Waals surface area contributed by atoms with Crippen LogP contribution in [0.5, 0.6) is 11.8 Å². The summed E-state index contributed by atoms with van der Waals surface area (Å²) < 4.78 is 49.4. The molecule has 0 saturated carbocycles. The third kappa shape index (κ3) is 4.39. The van der Waals surface area contributed by atoms with Crippen LogP contribution in [0.3, 0.4) is 0 Å². The number of anilines is 1. The number of hydrogen-bond acceptors (Lipinski definition) is 7. The van der Waals surface area contributed by atoms with E-state index in [1.165, 1.54) is 18.2 Å². The number of halogens is 3. The largest absolute Gasteiger partial charge is 0.508 e. The van der Waals surface area contributed by atoms with E-state index >= 15 is 0 Å². The van der Waals surface area contributed by atoms with Crippen LogP contribution < -0.4 is 9.64 Å². The van der Waals surface area contributed by atoms with E-state index < -0.39 is 18.2 Å². The third-order valence-corrected chi connectivity index (χ3v) is 8.67. The normalized spacial score (nSPS) is 24.3. The first kappa shape index (κ1) is 25.8. The quantitative estimate of drug-likeness (QED) is 0.338. The zero-order valence-electron chi connectivity index (χ0n) is 22.3. The van der Waals surface area contributed by atoms with Crippen LogP contribution in [0.4, 0.5) is 19.0 Å². The van der Waals surface area contributed by atoms with Crippen LogP contribution >= 0.6 is 0 Å². The summed E-state index contributed by atoms with van der Waals surface area (Å²) in [5, 5.41) is 12.1. The lowest BCUT2D eigenvalue weighted by molar-refractivity contribution is 0.107. The standard InChI is InChI=1S/C31H28F3N5O2/c1-2-22-25(34)5-4-18-10-21(40)11-23(28(18)22)26-12-27-24(29(36-26)38-9-6-19(32)15-38)14-35-30(37-27)41-17-31-7-3-8-39(31)16-20(33)13-31/h1,4-5,10-12,14,19-20,40H,3,6-9,13,15-17H2/t19-,20-,31+/m1/s1. The maximum Gasteiger partial charge on any atom is 0.316 e. The molecule has 2 aromatic carbocycles. The molecule has 5 heterocycles. The molecule has 3 fully saturated rings. The van der Waals surface area contributed by atoms with Crippen LogP contribution in [-0.2, 0) is 0 Å². The van der Waals surface area contributed by atoms with Crippen molar-refractivity contribution in [3.63, 3.8) is 0 Å². The molecule has 3 atom stereocenters. The molecule has 0 unspecified atom stereocenters. The van der Waals surface area contributed by atoms with Crippen molar-refractivity contribution < 1.29 is 23.0 Å². The van der Waals surface area contributed by atoms with Crippen LogP contribution in [0.2, 0.25) is 0 Å². The molecule has 3 saturated heterocycles. The minimum atomic E-state index is -0.998. The molecule has 0 aliphatic carbocycles. The molecule has 41 heavy (non-hydrogen) atoms. The van der Waals surface area contributed by atoms with Crippen LogP contribution in [0.15, 0.2) is 36.5 Å². The van der Waals surface area contributed by atoms with Crippen molar-refractivity contribution in [3.8, 4) is 35.4 Å². The Morgan fingerprint density at radius 2 is 2.00 bits per heavy atom. The fourth-order valence-corrected chi connectivity index (χ4v) is 6.77. The number of alkyl halides is 2. The van der Waals surface area contributed by atoms with Crippen molar-refractivity contribution in [2.75, 3.05) is 37.7 Å². The van der Waals surface area contributed by atoms with Gasteiger partial charge in [-0.1, -0.05) is 12.0 Å². The van der Waals surface area contributed by atoms with E-state index in [0.29, 0.717) is 64.7 Å². The summed E-state index contributed by atoms with van der Waals surface area (Å²) in [7, 11) is 0. The van der Waals surface area contributed by atoms with Gasteiger partial charge in [0.15, 0.2) is 0 Å². The van der Waals surface area contributed by atoms with Gasteiger partial charge in [0.2, 0.25) is 0 Å². The zero-order valence-corrected chi connectivity index (χ0v) is 22.3. The Balaban J connectivity index is 1.35. The molecule has 210 valence electrons. The summed E-state index contributed by atoms with van der Waals surface area (Å²) in [4.78, 5) is 18.0. The van der Waals surface area contributed by atoms with Gasteiger partial charge in [-0.3, -0.25) is 4.90 Å². The molecule has 4 aromatic rings. The van der Waals surface area contributed by atoms with Gasteiger partial charge < -0.3 is 14.7 Å². The van der Waals surface area contributed by atoms with E-state index in [-0.39, 0.29) is 36.0 Å². The number of aromatic hydroxyl groups is 1. The second-order valence-corrected chi connectivity index (χ2v) is 11.3. The number of benzene rings is 2. The first-order valence-electron chi connectivity index (χ1n) is 13.8. The summed E-state index contributed by atoms with van der Waals surface area (Å²) >= 11 is 0. The smallest absolute Gasteiger partial charge is 0.316 e. The Morgan fingerprint density at radius 3 is 2.80 bits per heavy atom. The molecule has 2 aromatic heterocycles. The van der Waals surface area contributed by atoms with E-state index in [1.54, 1.807) is 18.3 Å². The second-order valence-electron chi connectivity index (χ2n) is 11.3. The van der Waals surface area contributed by atoms with Gasteiger partial charge in [-0.05, 0) is 55.5 Å². The molecule has 0 amide bonds. The molecular weight excluding hydrogens is 531 g/mol. The van der Waals surface area contributed by atoms with Crippen LogP contribution in [0, 0.1) is 18.2 Å². The average Bonchev–Trinajstić information content (AvgIpc) is 3.64. The van der Waals surface area contributed by atoms with Crippen molar-refractivity contribution in [1.82, 2.24) is 19.9 Å². The Morgan fingerprint density at radius 1 is 1.12 bits per heavy atom. The lowest BCUT2D eigenvalue weighted by atomic mass is 9.95. The van der Waals surface area contributed by atoms with Crippen LogP contribution in [-0.4, -0.2) is 75.6 Å². The summed E-state index contributed by atoms with van der Waals surface area (Å²) in [5.41, 5.74) is 1.00. The molecule has 7 nitrogen and oxygen atoms in total. The molecule has 0 spiro atoms. The monoisotopic (exact) mass is 559 g/mol. The summed E-state index contributed by atoms with van der Waals surface area (Å²) in [5.74, 6) is 2.32. The highest BCUT2D eigenvalue weighted by Crippen LogP contribution is 2.41. The molecule has 0 bridgehead atoms. The maximum atomic E-state index is 14.8. The van der Waals surface area contributed by atoms with Crippen LogP contribution in [0.25, 0.3) is 32.9 Å². The Bertz CT molecular complexity index is 1730. The number of fused-ring (bicyclic) bond motifs is 3. The molecular formula is C31H28F3N5O2. The van der Waals surface area contributed by atoms with Gasteiger partial charge in [-0.2, -0.15) is 4.98 Å². The second kappa shape index (κ2) is 9.77. The Labute approximate surface area is 235 Å². The molecule has 3 aliphatic rings. The number of phenolic OH excluding ortho intramolecular Hbond substituents is 1. The van der Waals surface area contributed by atoms with Gasteiger partial charge >= 0.3 is 6.01 Å². The predicted molar refractivity (Wildman–Crippen MR) is 150 cm³/mol. The van der Waals surface area contributed by atoms with E-state index in [1.807, 2.05) is 4.90 Å². The zero-order chi connectivity index (χ0) is 28.3. The van der Waals surface area contributed by atoms with Crippen molar-refractivity contribution in [2.24, 2.45) is 0 Å². The number of terminal acetylenes is 1. The summed E-state index contributed by atoms with van der Waals surface area (Å²) in [6.45, 7) is 2.17. The Hall–Kier alpha value is -4.10. The van der Waals surface area contributed by atoms with Gasteiger partial charge in [-0.15, -0.1) is 6.42 Å². The number of phenols is 1. The topological polar surface area (TPSA) is 74.6 Å². The molecule has 0 radical (unpaired) electrons. The molecule has 7 rings (SSSR count). The van der Waals surface area contributed by atoms with Gasteiger partial charge in [0, 0.05) is 36.7 Å². The van der Waals surface area contributed by atoms with Crippen molar-refractivity contribution in [1.29, 1.82) is 0 Å². The van der Waals surface area contributed by atoms with E-state index in [4.69, 9.17) is 16.1 Å². The fourth-order valence-electron chi connectivity index (χ4n) is 6.77. The van der Waals surface area contributed by atoms with Crippen LogP contribution in [0.1, 0.15) is 31.2 Å². The molecule has 3 aliphatic heterocycles. The van der Waals surface area contributed by atoms with E-state index in [9.17, 15) is 18.3 Å².